The summed E-state index contributed by atoms with van der Waals surface area (Å²) in [5, 5.41) is 7.00. The number of rotatable bonds is 5. The third kappa shape index (κ3) is 2.71. The van der Waals surface area contributed by atoms with Crippen LogP contribution in [-0.4, -0.2) is 30.3 Å². The van der Waals surface area contributed by atoms with E-state index in [2.05, 4.69) is 10.5 Å². The predicted molar refractivity (Wildman–Crippen MR) is 84.8 cm³/mol. The average Bonchev–Trinajstić information content (AvgIpc) is 3.01. The Bertz CT molecular complexity index is 748. The van der Waals surface area contributed by atoms with Crippen LogP contribution in [0.5, 0.6) is 0 Å². The molecule has 1 unspecified atom stereocenters. The van der Waals surface area contributed by atoms with Crippen LogP contribution in [0.15, 0.2) is 34.9 Å². The van der Waals surface area contributed by atoms with Gasteiger partial charge < -0.3 is 14.6 Å². The maximum Gasteiger partial charge on any atom is 0.232 e. The zero-order valence-corrected chi connectivity index (χ0v) is 13.3. The van der Waals surface area contributed by atoms with Crippen LogP contribution in [0.4, 0.5) is 4.39 Å². The van der Waals surface area contributed by atoms with Crippen molar-refractivity contribution in [1.29, 1.82) is 0 Å². The molecule has 24 heavy (non-hydrogen) atoms. The molecule has 1 amide bonds. The van der Waals surface area contributed by atoms with Crippen molar-refractivity contribution in [2.75, 3.05) is 13.2 Å². The van der Waals surface area contributed by atoms with Crippen molar-refractivity contribution in [2.24, 2.45) is 0 Å². The first-order valence-corrected chi connectivity index (χ1v) is 8.31. The number of carbonyl (C=O) groups excluding carboxylic acids is 1. The van der Waals surface area contributed by atoms with Gasteiger partial charge >= 0.3 is 0 Å². The second-order valence-electron chi connectivity index (χ2n) is 6.48. The summed E-state index contributed by atoms with van der Waals surface area (Å²) in [6.45, 7) is 1.29. The molecule has 2 aromatic rings. The Morgan fingerprint density at radius 3 is 2.92 bits per heavy atom. The van der Waals surface area contributed by atoms with E-state index in [1.54, 1.807) is 24.3 Å². The topological polar surface area (TPSA) is 64.4 Å². The van der Waals surface area contributed by atoms with Gasteiger partial charge in [-0.25, -0.2) is 4.39 Å². The van der Waals surface area contributed by atoms with Crippen LogP contribution in [0.25, 0.3) is 11.3 Å². The van der Waals surface area contributed by atoms with Gasteiger partial charge in [0.05, 0.1) is 22.8 Å². The van der Waals surface area contributed by atoms with Gasteiger partial charge in [0.2, 0.25) is 5.91 Å². The largest absolute Gasteiger partial charge is 0.376 e. The molecule has 0 spiro atoms. The molecule has 126 valence electrons. The Morgan fingerprint density at radius 1 is 1.38 bits per heavy atom. The van der Waals surface area contributed by atoms with Crippen molar-refractivity contribution in [3.05, 3.63) is 41.8 Å². The number of hydrogen-bond acceptors (Lipinski definition) is 4. The van der Waals surface area contributed by atoms with E-state index in [0.29, 0.717) is 23.6 Å². The molecule has 1 N–H and O–H groups in total. The summed E-state index contributed by atoms with van der Waals surface area (Å²) >= 11 is 0. The number of ether oxygens (including phenoxy) is 1. The fourth-order valence-electron chi connectivity index (χ4n) is 3.19. The number of carbonyl (C=O) groups is 1. The molecule has 1 aromatic heterocycles. The minimum Gasteiger partial charge on any atom is -0.376 e. The van der Waals surface area contributed by atoms with E-state index >= 15 is 0 Å². The van der Waals surface area contributed by atoms with Crippen LogP contribution in [-0.2, 0) is 14.9 Å². The molecule has 5 nitrogen and oxygen atoms in total. The lowest BCUT2D eigenvalue weighted by Gasteiger charge is -2.15. The number of amides is 1. The standard InChI is InChI=1S/C18H19FN2O3/c19-14-6-2-1-5-13(14)15-10-16(21-24-15)18(7-8-18)17(22)20-11-12-4-3-9-23-12/h1-2,5-6,10,12H,3-4,7-9,11H2,(H,20,22). The maximum absolute atomic E-state index is 13.9. The maximum atomic E-state index is 13.9. The van der Waals surface area contributed by atoms with Crippen molar-refractivity contribution in [3.8, 4) is 11.3 Å². The molecule has 6 heteroatoms. The Hall–Kier alpha value is -2.21. The fraction of sp³-hybridized carbons (Fsp3) is 0.444. The molecule has 0 bridgehead atoms. The number of halogens is 1. The zero-order valence-electron chi connectivity index (χ0n) is 13.3. The molecule has 1 saturated heterocycles. The smallest absolute Gasteiger partial charge is 0.232 e. The van der Waals surface area contributed by atoms with Crippen LogP contribution in [0.3, 0.4) is 0 Å². The van der Waals surface area contributed by atoms with Gasteiger partial charge in [-0.3, -0.25) is 4.79 Å². The molecule has 2 heterocycles. The second-order valence-corrected chi connectivity index (χ2v) is 6.48. The summed E-state index contributed by atoms with van der Waals surface area (Å²) in [5.41, 5.74) is 0.295. The Morgan fingerprint density at radius 2 is 2.21 bits per heavy atom. The lowest BCUT2D eigenvalue weighted by atomic mass is 10.00. The molecule has 1 atom stereocenters. The lowest BCUT2D eigenvalue weighted by molar-refractivity contribution is -0.124. The van der Waals surface area contributed by atoms with Gasteiger partial charge in [-0.05, 0) is 37.8 Å². The SMILES string of the molecule is O=C(NCC1CCCO1)C1(c2cc(-c3ccccc3F)on2)CC1. The highest BCUT2D eigenvalue weighted by Crippen LogP contribution is 2.48. The molecule has 1 aromatic carbocycles. The molecule has 2 aliphatic rings. The first-order chi connectivity index (χ1) is 11.7. The first kappa shape index (κ1) is 15.3. The van der Waals surface area contributed by atoms with Crippen LogP contribution in [0.1, 0.15) is 31.4 Å². The molecule has 0 radical (unpaired) electrons. The van der Waals surface area contributed by atoms with E-state index in [4.69, 9.17) is 9.26 Å². The molecule has 1 saturated carbocycles. The normalized spacial score (nSPS) is 21.6. The molecular formula is C18H19FN2O3. The molecule has 1 aliphatic heterocycles. The van der Waals surface area contributed by atoms with Gasteiger partial charge in [-0.15, -0.1) is 0 Å². The second kappa shape index (κ2) is 6.02. The van der Waals surface area contributed by atoms with Gasteiger partial charge in [0.25, 0.3) is 0 Å². The number of aromatic nitrogens is 1. The van der Waals surface area contributed by atoms with E-state index in [-0.39, 0.29) is 17.8 Å². The monoisotopic (exact) mass is 330 g/mol. The van der Waals surface area contributed by atoms with Crippen molar-refractivity contribution in [2.45, 2.75) is 37.2 Å². The fourth-order valence-corrected chi connectivity index (χ4v) is 3.19. The van der Waals surface area contributed by atoms with E-state index in [1.807, 2.05) is 0 Å². The predicted octanol–water partition coefficient (Wildman–Crippen LogP) is 2.81. The van der Waals surface area contributed by atoms with Crippen LogP contribution in [0.2, 0.25) is 0 Å². The molecule has 4 rings (SSSR count). The average molecular weight is 330 g/mol. The van der Waals surface area contributed by atoms with Gasteiger partial charge in [0.15, 0.2) is 5.76 Å². The summed E-state index contributed by atoms with van der Waals surface area (Å²) in [5.74, 6) is -0.0689. The summed E-state index contributed by atoms with van der Waals surface area (Å²) in [4.78, 5) is 12.6. The van der Waals surface area contributed by atoms with E-state index in [0.717, 1.165) is 32.3 Å². The third-order valence-corrected chi connectivity index (χ3v) is 4.84. The van der Waals surface area contributed by atoms with Crippen LogP contribution >= 0.6 is 0 Å². The lowest BCUT2D eigenvalue weighted by Crippen LogP contribution is -2.39. The van der Waals surface area contributed by atoms with E-state index in [9.17, 15) is 9.18 Å². The van der Waals surface area contributed by atoms with E-state index < -0.39 is 5.41 Å². The van der Waals surface area contributed by atoms with Crippen LogP contribution < -0.4 is 5.32 Å². The quantitative estimate of drug-likeness (QED) is 0.915. The van der Waals surface area contributed by atoms with Gasteiger partial charge in [-0.1, -0.05) is 17.3 Å². The summed E-state index contributed by atoms with van der Waals surface area (Å²) in [6, 6.07) is 8.05. The summed E-state index contributed by atoms with van der Waals surface area (Å²) < 4.78 is 24.7. The van der Waals surface area contributed by atoms with Crippen molar-refractivity contribution in [1.82, 2.24) is 10.5 Å². The first-order valence-electron chi connectivity index (χ1n) is 8.31. The molecular weight excluding hydrogens is 311 g/mol. The minimum absolute atomic E-state index is 0.0496. The summed E-state index contributed by atoms with van der Waals surface area (Å²) in [6.07, 6.45) is 3.59. The highest BCUT2D eigenvalue weighted by Gasteiger charge is 2.53. The molecule has 1 aliphatic carbocycles. The van der Waals surface area contributed by atoms with Gasteiger partial charge in [0, 0.05) is 19.2 Å². The molecule has 2 fully saturated rings. The summed E-state index contributed by atoms with van der Waals surface area (Å²) in [7, 11) is 0. The third-order valence-electron chi connectivity index (χ3n) is 4.84. The number of hydrogen-bond donors (Lipinski definition) is 1. The van der Waals surface area contributed by atoms with Crippen molar-refractivity contribution >= 4 is 5.91 Å². The number of nitrogens with one attached hydrogen (secondary N) is 1. The van der Waals surface area contributed by atoms with Gasteiger partial charge in [0.1, 0.15) is 5.82 Å². The van der Waals surface area contributed by atoms with E-state index in [1.165, 1.54) is 6.07 Å². The minimum atomic E-state index is -0.633. The van der Waals surface area contributed by atoms with Crippen molar-refractivity contribution in [3.63, 3.8) is 0 Å². The number of benzene rings is 1. The zero-order chi connectivity index (χ0) is 16.6. The highest BCUT2D eigenvalue weighted by atomic mass is 19.1. The highest BCUT2D eigenvalue weighted by molar-refractivity contribution is 5.91. The van der Waals surface area contributed by atoms with Gasteiger partial charge in [-0.2, -0.15) is 0 Å². The van der Waals surface area contributed by atoms with Crippen LogP contribution in [0, 0.1) is 5.82 Å². The number of nitrogens with zero attached hydrogens (tertiary/aromatic N) is 1. The Balaban J connectivity index is 1.49. The Labute approximate surface area is 139 Å². The Kier molecular flexibility index (Phi) is 3.84. The van der Waals surface area contributed by atoms with Crippen molar-refractivity contribution < 1.29 is 18.4 Å².